The normalized spacial score (nSPS) is 18.1. The summed E-state index contributed by atoms with van der Waals surface area (Å²) in [5.41, 5.74) is 0. The zero-order chi connectivity index (χ0) is 6.15. The molecule has 0 aromatic carbocycles. The Balaban J connectivity index is 2.32. The van der Waals surface area contributed by atoms with Gasteiger partial charge in [0.15, 0.2) is 0 Å². The van der Waals surface area contributed by atoms with Crippen LogP contribution in [0.25, 0.3) is 0 Å². The fourth-order valence-corrected chi connectivity index (χ4v) is 0.509. The van der Waals surface area contributed by atoms with Crippen LogP contribution in [-0.4, -0.2) is 22.3 Å². The van der Waals surface area contributed by atoms with Gasteiger partial charge in [-0.25, -0.2) is 15.6 Å². The highest BCUT2D eigenvalue weighted by Crippen LogP contribution is 2.23. The summed E-state index contributed by atoms with van der Waals surface area (Å²) in [6.07, 6.45) is 0.804. The molecule has 0 radical (unpaired) electrons. The number of hydrogen-bond donors (Lipinski definition) is 2. The summed E-state index contributed by atoms with van der Waals surface area (Å²) in [7, 11) is 0. The third-order valence-corrected chi connectivity index (χ3v) is 1.16. The standard InChI is InChI=1S/C4H8N2O2/c5-6(4(7)8)3-1-2-3/h3H,1-2,5H2,(H,7,8). The largest absolute Gasteiger partial charge is 0.464 e. The molecular formula is C4H8N2O2. The summed E-state index contributed by atoms with van der Waals surface area (Å²) < 4.78 is 0. The van der Waals surface area contributed by atoms with Crippen molar-refractivity contribution in [3.63, 3.8) is 0 Å². The Bertz CT molecular complexity index is 111. The van der Waals surface area contributed by atoms with Crippen LogP contribution in [0.15, 0.2) is 0 Å². The first kappa shape index (κ1) is 5.37. The van der Waals surface area contributed by atoms with Crippen LogP contribution in [0.5, 0.6) is 0 Å². The van der Waals surface area contributed by atoms with Gasteiger partial charge in [-0.2, -0.15) is 0 Å². The molecule has 0 saturated heterocycles. The summed E-state index contributed by atoms with van der Waals surface area (Å²) in [4.78, 5) is 9.98. The van der Waals surface area contributed by atoms with Gasteiger partial charge >= 0.3 is 6.09 Å². The summed E-state index contributed by atoms with van der Waals surface area (Å²) in [5.74, 6) is 5.06. The van der Waals surface area contributed by atoms with Gasteiger partial charge in [-0.3, -0.25) is 0 Å². The highest BCUT2D eigenvalue weighted by Gasteiger charge is 2.30. The number of hydrogen-bond acceptors (Lipinski definition) is 2. The van der Waals surface area contributed by atoms with Gasteiger partial charge < -0.3 is 5.11 Å². The minimum absolute atomic E-state index is 0.104. The van der Waals surface area contributed by atoms with Crippen molar-refractivity contribution in [2.75, 3.05) is 0 Å². The van der Waals surface area contributed by atoms with Crippen LogP contribution < -0.4 is 5.84 Å². The Kier molecular flexibility index (Phi) is 1.09. The van der Waals surface area contributed by atoms with Crippen molar-refractivity contribution in [1.82, 2.24) is 5.01 Å². The first-order chi connectivity index (χ1) is 3.72. The first-order valence-electron chi connectivity index (χ1n) is 2.48. The second-order valence-corrected chi connectivity index (χ2v) is 1.92. The molecule has 0 aromatic heterocycles. The minimum Gasteiger partial charge on any atom is -0.464 e. The number of hydrazine groups is 1. The molecule has 0 heterocycles. The lowest BCUT2D eigenvalue weighted by Crippen LogP contribution is -2.37. The Morgan fingerprint density at radius 1 is 1.75 bits per heavy atom. The predicted molar refractivity (Wildman–Crippen MR) is 27.1 cm³/mol. The zero-order valence-electron chi connectivity index (χ0n) is 4.37. The van der Waals surface area contributed by atoms with Crippen molar-refractivity contribution >= 4 is 6.09 Å². The maximum atomic E-state index is 9.98. The molecule has 1 saturated carbocycles. The number of nitrogens with two attached hydrogens (primary N) is 1. The fraction of sp³-hybridized carbons (Fsp3) is 0.750. The number of carbonyl (C=O) groups is 1. The Hall–Kier alpha value is -0.770. The van der Waals surface area contributed by atoms with Crippen LogP contribution in [0.4, 0.5) is 4.79 Å². The van der Waals surface area contributed by atoms with Crippen LogP contribution in [0.2, 0.25) is 0 Å². The summed E-state index contributed by atoms with van der Waals surface area (Å²) in [6, 6.07) is 0.104. The van der Waals surface area contributed by atoms with Crippen molar-refractivity contribution in [1.29, 1.82) is 0 Å². The minimum atomic E-state index is -1.03. The van der Waals surface area contributed by atoms with Crippen LogP contribution in [-0.2, 0) is 0 Å². The average Bonchev–Trinajstić information content (AvgIpc) is 2.43. The molecule has 1 aliphatic rings. The van der Waals surface area contributed by atoms with Crippen molar-refractivity contribution in [3.8, 4) is 0 Å². The molecule has 0 aromatic rings. The Labute approximate surface area is 46.9 Å². The van der Waals surface area contributed by atoms with E-state index >= 15 is 0 Å². The molecular weight excluding hydrogens is 108 g/mol. The van der Waals surface area contributed by atoms with E-state index in [-0.39, 0.29) is 6.04 Å². The summed E-state index contributed by atoms with van der Waals surface area (Å²) in [5, 5.41) is 9.05. The molecule has 0 unspecified atom stereocenters. The monoisotopic (exact) mass is 116 g/mol. The molecule has 1 fully saturated rings. The van der Waals surface area contributed by atoms with Crippen molar-refractivity contribution in [2.45, 2.75) is 18.9 Å². The van der Waals surface area contributed by atoms with Crippen LogP contribution in [0.1, 0.15) is 12.8 Å². The highest BCUT2D eigenvalue weighted by atomic mass is 16.4. The average molecular weight is 116 g/mol. The quantitative estimate of drug-likeness (QED) is 0.288. The summed E-state index contributed by atoms with van der Waals surface area (Å²) in [6.45, 7) is 0. The van der Waals surface area contributed by atoms with Gasteiger partial charge in [0, 0.05) is 0 Å². The van der Waals surface area contributed by atoms with Gasteiger partial charge in [0.1, 0.15) is 0 Å². The molecule has 0 atom stereocenters. The molecule has 4 nitrogen and oxygen atoms in total. The Morgan fingerprint density at radius 3 is 2.38 bits per heavy atom. The van der Waals surface area contributed by atoms with Crippen molar-refractivity contribution in [2.24, 2.45) is 5.84 Å². The molecule has 3 N–H and O–H groups in total. The molecule has 1 rings (SSSR count). The predicted octanol–water partition coefficient (Wildman–Crippen LogP) is 0.00250. The lowest BCUT2D eigenvalue weighted by atomic mass is 10.7. The molecule has 8 heavy (non-hydrogen) atoms. The van der Waals surface area contributed by atoms with E-state index < -0.39 is 6.09 Å². The van der Waals surface area contributed by atoms with E-state index in [1.807, 2.05) is 0 Å². The third kappa shape index (κ3) is 0.894. The van der Waals surface area contributed by atoms with E-state index in [0.29, 0.717) is 0 Å². The van der Waals surface area contributed by atoms with Gasteiger partial charge in [-0.15, -0.1) is 0 Å². The molecule has 1 amide bonds. The van der Waals surface area contributed by atoms with E-state index in [1.165, 1.54) is 0 Å². The molecule has 0 bridgehead atoms. The number of amides is 1. The van der Waals surface area contributed by atoms with E-state index in [9.17, 15) is 4.79 Å². The van der Waals surface area contributed by atoms with Gasteiger partial charge in [0.05, 0.1) is 6.04 Å². The van der Waals surface area contributed by atoms with Crippen molar-refractivity contribution in [3.05, 3.63) is 0 Å². The topological polar surface area (TPSA) is 66.6 Å². The van der Waals surface area contributed by atoms with Crippen LogP contribution >= 0.6 is 0 Å². The lowest BCUT2D eigenvalue weighted by Gasteiger charge is -2.08. The maximum absolute atomic E-state index is 9.98. The molecule has 0 spiro atoms. The number of nitrogens with zero attached hydrogens (tertiary/aromatic N) is 1. The molecule has 0 aliphatic heterocycles. The molecule has 1 aliphatic carbocycles. The second kappa shape index (κ2) is 1.63. The first-order valence-corrected chi connectivity index (χ1v) is 2.48. The van der Waals surface area contributed by atoms with E-state index in [1.54, 1.807) is 0 Å². The van der Waals surface area contributed by atoms with E-state index in [4.69, 9.17) is 10.9 Å². The zero-order valence-corrected chi connectivity index (χ0v) is 4.37. The van der Waals surface area contributed by atoms with Crippen LogP contribution in [0, 0.1) is 0 Å². The lowest BCUT2D eigenvalue weighted by molar-refractivity contribution is 0.143. The Morgan fingerprint density at radius 2 is 2.25 bits per heavy atom. The SMILES string of the molecule is NN(C(=O)O)C1CC1. The smallest absolute Gasteiger partial charge is 0.421 e. The molecule has 46 valence electrons. The van der Waals surface area contributed by atoms with E-state index in [0.717, 1.165) is 17.9 Å². The van der Waals surface area contributed by atoms with Crippen molar-refractivity contribution < 1.29 is 9.90 Å². The summed E-state index contributed by atoms with van der Waals surface area (Å²) >= 11 is 0. The highest BCUT2D eigenvalue weighted by molar-refractivity contribution is 5.64. The van der Waals surface area contributed by atoms with Gasteiger partial charge in [0.2, 0.25) is 0 Å². The van der Waals surface area contributed by atoms with Gasteiger partial charge in [-0.1, -0.05) is 0 Å². The second-order valence-electron chi connectivity index (χ2n) is 1.92. The van der Waals surface area contributed by atoms with Crippen LogP contribution in [0.3, 0.4) is 0 Å². The van der Waals surface area contributed by atoms with Gasteiger partial charge in [0.25, 0.3) is 0 Å². The molecule has 4 heteroatoms. The third-order valence-electron chi connectivity index (χ3n) is 1.16. The number of rotatable bonds is 1. The number of carboxylic acid groups (broad SMARTS) is 1. The van der Waals surface area contributed by atoms with E-state index in [2.05, 4.69) is 0 Å². The maximum Gasteiger partial charge on any atom is 0.421 e. The van der Waals surface area contributed by atoms with Gasteiger partial charge in [-0.05, 0) is 12.8 Å². The fourth-order valence-electron chi connectivity index (χ4n) is 0.509.